The van der Waals surface area contributed by atoms with E-state index in [1.165, 1.54) is 4.68 Å². The number of nitrogens with zero attached hydrogens (tertiary/aromatic N) is 1. The number of hydrogen-bond donors (Lipinski definition) is 3. The Balaban J connectivity index is 1.84. The Kier molecular flexibility index (Phi) is 4.06. The first kappa shape index (κ1) is 14.9. The van der Waals surface area contributed by atoms with Crippen molar-refractivity contribution in [1.29, 1.82) is 0 Å². The van der Waals surface area contributed by atoms with Crippen LogP contribution in [0, 0.1) is 4.77 Å². The number of amides is 2. The molecule has 2 amide bonds. The number of halogens is 2. The quantitative estimate of drug-likeness (QED) is 0.581. The molecule has 8 heteroatoms. The number of imidazole rings is 1. The molecule has 2 aromatic carbocycles. The van der Waals surface area contributed by atoms with Crippen LogP contribution in [0.25, 0.3) is 11.0 Å². The highest BCUT2D eigenvalue weighted by Crippen LogP contribution is 2.25. The van der Waals surface area contributed by atoms with Gasteiger partial charge in [-0.25, -0.2) is 14.9 Å². The molecule has 3 N–H and O–H groups in total. The van der Waals surface area contributed by atoms with Gasteiger partial charge in [-0.1, -0.05) is 35.3 Å². The first-order valence-electron chi connectivity index (χ1n) is 6.27. The Hall–Kier alpha value is -2.02. The van der Waals surface area contributed by atoms with Crippen molar-refractivity contribution >= 4 is 58.2 Å². The van der Waals surface area contributed by atoms with E-state index >= 15 is 0 Å². The van der Waals surface area contributed by atoms with E-state index in [2.05, 4.69) is 15.7 Å². The molecule has 0 radical (unpaired) electrons. The van der Waals surface area contributed by atoms with E-state index in [1.54, 1.807) is 18.2 Å². The predicted octanol–water partition coefficient (Wildman–Crippen LogP) is 4.78. The molecular weight excluding hydrogens is 343 g/mol. The van der Waals surface area contributed by atoms with Gasteiger partial charge in [-0.2, -0.15) is 0 Å². The van der Waals surface area contributed by atoms with Crippen molar-refractivity contribution < 1.29 is 4.79 Å². The molecule has 0 spiro atoms. The van der Waals surface area contributed by atoms with Crippen LogP contribution in [0.3, 0.4) is 0 Å². The van der Waals surface area contributed by atoms with Crippen LogP contribution in [0.2, 0.25) is 10.0 Å². The molecule has 3 aromatic rings. The van der Waals surface area contributed by atoms with E-state index in [0.29, 0.717) is 20.5 Å². The number of fused-ring (bicyclic) bond motifs is 1. The number of benzene rings is 2. The highest BCUT2D eigenvalue weighted by molar-refractivity contribution is 7.71. The summed E-state index contributed by atoms with van der Waals surface area (Å²) < 4.78 is 1.88. The number of aromatic amines is 1. The number of hydrogen-bond acceptors (Lipinski definition) is 2. The fourth-order valence-corrected chi connectivity index (χ4v) is 2.72. The average molecular weight is 353 g/mol. The second-order valence-electron chi connectivity index (χ2n) is 4.47. The minimum absolute atomic E-state index is 0.352. The lowest BCUT2D eigenvalue weighted by Gasteiger charge is -2.10. The van der Waals surface area contributed by atoms with Crippen LogP contribution >= 0.6 is 35.4 Å². The monoisotopic (exact) mass is 352 g/mol. The van der Waals surface area contributed by atoms with Gasteiger partial charge in [0.2, 0.25) is 0 Å². The number of rotatable bonds is 2. The molecule has 5 nitrogen and oxygen atoms in total. The normalized spacial score (nSPS) is 10.6. The first-order valence-corrected chi connectivity index (χ1v) is 7.44. The summed E-state index contributed by atoms with van der Waals surface area (Å²) in [5, 5.41) is 3.49. The highest BCUT2D eigenvalue weighted by atomic mass is 35.5. The van der Waals surface area contributed by atoms with Crippen molar-refractivity contribution in [2.24, 2.45) is 0 Å². The van der Waals surface area contributed by atoms with Gasteiger partial charge in [0, 0.05) is 5.02 Å². The highest BCUT2D eigenvalue weighted by Gasteiger charge is 2.09. The summed E-state index contributed by atoms with van der Waals surface area (Å²) in [6.07, 6.45) is 0. The summed E-state index contributed by atoms with van der Waals surface area (Å²) in [6, 6.07) is 11.8. The van der Waals surface area contributed by atoms with Crippen molar-refractivity contribution in [3.05, 3.63) is 57.3 Å². The smallest absolute Gasteiger partial charge is 0.329 e. The van der Waals surface area contributed by atoms with Gasteiger partial charge in [-0.3, -0.25) is 0 Å². The van der Waals surface area contributed by atoms with Gasteiger partial charge >= 0.3 is 6.03 Å². The van der Waals surface area contributed by atoms with Crippen LogP contribution in [-0.2, 0) is 0 Å². The maximum atomic E-state index is 12.1. The van der Waals surface area contributed by atoms with Gasteiger partial charge in [0.1, 0.15) is 0 Å². The van der Waals surface area contributed by atoms with Crippen LogP contribution < -0.4 is 10.7 Å². The fraction of sp³-hybridized carbons (Fsp3) is 0. The molecule has 1 aromatic heterocycles. The van der Waals surface area contributed by atoms with Gasteiger partial charge in [-0.15, -0.1) is 0 Å². The maximum Gasteiger partial charge on any atom is 0.338 e. The molecular formula is C14H10Cl2N4OS. The summed E-state index contributed by atoms with van der Waals surface area (Å²) in [6.45, 7) is 0. The van der Waals surface area contributed by atoms with Crippen LogP contribution in [0.1, 0.15) is 0 Å². The molecule has 0 saturated heterocycles. The molecule has 0 bridgehead atoms. The molecule has 0 fully saturated rings. The van der Waals surface area contributed by atoms with Crippen LogP contribution in [0.5, 0.6) is 0 Å². The number of carbonyl (C=O) groups excluding carboxylic acids is 1. The summed E-state index contributed by atoms with van der Waals surface area (Å²) in [5.41, 5.74) is 4.72. The van der Waals surface area contributed by atoms with E-state index in [1.807, 2.05) is 24.3 Å². The third-order valence-corrected chi connectivity index (χ3v) is 3.81. The number of aromatic nitrogens is 2. The van der Waals surface area contributed by atoms with Crippen LogP contribution in [-0.4, -0.2) is 15.7 Å². The van der Waals surface area contributed by atoms with E-state index in [0.717, 1.165) is 11.0 Å². The third kappa shape index (κ3) is 2.94. The molecule has 0 aliphatic rings. The third-order valence-electron chi connectivity index (χ3n) is 2.98. The van der Waals surface area contributed by atoms with E-state index < -0.39 is 6.03 Å². The second kappa shape index (κ2) is 6.00. The Bertz CT molecular complexity index is 919. The SMILES string of the molecule is O=C(Nc1ccc(Cl)cc1Cl)Nn1c(=S)[nH]c2ccccc21. The topological polar surface area (TPSA) is 61.9 Å². The molecule has 3 rings (SSSR count). The van der Waals surface area contributed by atoms with Crippen LogP contribution in [0.4, 0.5) is 10.5 Å². The van der Waals surface area contributed by atoms with Crippen molar-refractivity contribution in [2.75, 3.05) is 10.7 Å². The zero-order valence-electron chi connectivity index (χ0n) is 11.1. The van der Waals surface area contributed by atoms with Gasteiger partial charge in [0.25, 0.3) is 0 Å². The lowest BCUT2D eigenvalue weighted by molar-refractivity contribution is 0.260. The molecule has 0 atom stereocenters. The molecule has 0 saturated carbocycles. The number of para-hydroxylation sites is 2. The van der Waals surface area contributed by atoms with Crippen molar-refractivity contribution in [2.45, 2.75) is 0 Å². The van der Waals surface area contributed by atoms with Crippen molar-refractivity contribution in [3.63, 3.8) is 0 Å². The zero-order valence-corrected chi connectivity index (χ0v) is 13.4. The van der Waals surface area contributed by atoms with E-state index in [9.17, 15) is 4.79 Å². The number of urea groups is 1. The first-order chi connectivity index (χ1) is 10.5. The number of nitrogens with one attached hydrogen (secondary N) is 3. The maximum absolute atomic E-state index is 12.1. The largest absolute Gasteiger partial charge is 0.338 e. The molecule has 1 heterocycles. The van der Waals surface area contributed by atoms with Gasteiger partial charge in [-0.05, 0) is 42.5 Å². The lowest BCUT2D eigenvalue weighted by Crippen LogP contribution is -2.27. The summed E-state index contributed by atoms with van der Waals surface area (Å²) >= 11 is 17.0. The zero-order chi connectivity index (χ0) is 15.7. The Labute approximate surface area is 140 Å². The summed E-state index contributed by atoms with van der Waals surface area (Å²) in [5.74, 6) is 0. The van der Waals surface area contributed by atoms with Crippen molar-refractivity contribution in [1.82, 2.24) is 9.66 Å². The molecule has 112 valence electrons. The number of anilines is 1. The Morgan fingerprint density at radius 3 is 2.73 bits per heavy atom. The Morgan fingerprint density at radius 1 is 1.18 bits per heavy atom. The van der Waals surface area contributed by atoms with Gasteiger partial charge in [0.05, 0.1) is 21.7 Å². The van der Waals surface area contributed by atoms with E-state index in [-0.39, 0.29) is 0 Å². The molecule has 0 unspecified atom stereocenters. The lowest BCUT2D eigenvalue weighted by atomic mass is 10.3. The standard InChI is InChI=1S/C14H10Cl2N4OS/c15-8-5-6-10(9(16)7-8)17-13(21)19-20-12-4-2-1-3-11(12)18-14(20)22/h1-7H,(H,18,22)(H2,17,19,21). The molecule has 22 heavy (non-hydrogen) atoms. The second-order valence-corrected chi connectivity index (χ2v) is 5.70. The average Bonchev–Trinajstić information content (AvgIpc) is 2.78. The minimum Gasteiger partial charge on any atom is -0.329 e. The molecule has 0 aliphatic carbocycles. The van der Waals surface area contributed by atoms with Crippen LogP contribution in [0.15, 0.2) is 42.5 Å². The fourth-order valence-electron chi connectivity index (χ4n) is 2.01. The Morgan fingerprint density at radius 2 is 1.95 bits per heavy atom. The van der Waals surface area contributed by atoms with Gasteiger partial charge in [0.15, 0.2) is 4.77 Å². The summed E-state index contributed by atoms with van der Waals surface area (Å²) in [4.78, 5) is 15.1. The number of carbonyl (C=O) groups is 1. The van der Waals surface area contributed by atoms with Gasteiger partial charge < -0.3 is 10.3 Å². The van der Waals surface area contributed by atoms with E-state index in [4.69, 9.17) is 35.4 Å². The molecule has 0 aliphatic heterocycles. The number of H-pyrrole nitrogens is 1. The minimum atomic E-state index is -0.468. The summed E-state index contributed by atoms with van der Waals surface area (Å²) in [7, 11) is 0. The predicted molar refractivity (Wildman–Crippen MR) is 92.0 cm³/mol. The van der Waals surface area contributed by atoms with Crippen molar-refractivity contribution in [3.8, 4) is 0 Å².